The highest BCUT2D eigenvalue weighted by Crippen LogP contribution is 2.22. The summed E-state index contributed by atoms with van der Waals surface area (Å²) in [6.45, 7) is 0.772. The lowest BCUT2D eigenvalue weighted by molar-refractivity contribution is -0.120. The zero-order valence-electron chi connectivity index (χ0n) is 14.1. The summed E-state index contributed by atoms with van der Waals surface area (Å²) in [6, 6.07) is 13.6. The summed E-state index contributed by atoms with van der Waals surface area (Å²) in [5.74, 6) is 0.219. The van der Waals surface area contributed by atoms with Crippen LogP contribution in [-0.4, -0.2) is 43.0 Å². The minimum Gasteiger partial charge on any atom is -0.310 e. The standard InChI is InChI=1S/C18H21N3O3S/c1-25(23,24)21-11-9-15(10-12-21)18(22)20-17-8-7-16(13-19-17)14-5-3-2-4-6-14/h2-8,13,15H,9-12H2,1H3,(H,19,20,22). The molecule has 25 heavy (non-hydrogen) atoms. The first-order valence-corrected chi connectivity index (χ1v) is 10.1. The molecule has 1 aromatic heterocycles. The van der Waals surface area contributed by atoms with E-state index in [2.05, 4.69) is 10.3 Å². The Morgan fingerprint density at radius 1 is 1.08 bits per heavy atom. The summed E-state index contributed by atoms with van der Waals surface area (Å²) in [5.41, 5.74) is 2.06. The Kier molecular flexibility index (Phi) is 5.15. The Bertz CT molecular complexity index is 828. The number of piperidine rings is 1. The van der Waals surface area contributed by atoms with E-state index in [4.69, 9.17) is 0 Å². The van der Waals surface area contributed by atoms with Crippen LogP contribution in [0, 0.1) is 5.92 Å². The van der Waals surface area contributed by atoms with Gasteiger partial charge in [-0.15, -0.1) is 0 Å². The SMILES string of the molecule is CS(=O)(=O)N1CCC(C(=O)Nc2ccc(-c3ccccc3)cn2)CC1. The van der Waals surface area contributed by atoms with Crippen molar-refractivity contribution in [2.45, 2.75) is 12.8 Å². The molecule has 1 saturated heterocycles. The molecular weight excluding hydrogens is 338 g/mol. The summed E-state index contributed by atoms with van der Waals surface area (Å²) in [7, 11) is -3.18. The van der Waals surface area contributed by atoms with Gasteiger partial charge in [-0.25, -0.2) is 17.7 Å². The largest absolute Gasteiger partial charge is 0.310 e. The Balaban J connectivity index is 1.59. The fraction of sp³-hybridized carbons (Fsp3) is 0.333. The predicted molar refractivity (Wildman–Crippen MR) is 97.4 cm³/mol. The molecule has 0 radical (unpaired) electrons. The lowest BCUT2D eigenvalue weighted by atomic mass is 9.97. The topological polar surface area (TPSA) is 79.4 Å². The maximum Gasteiger partial charge on any atom is 0.228 e. The van der Waals surface area contributed by atoms with Crippen LogP contribution in [-0.2, 0) is 14.8 Å². The van der Waals surface area contributed by atoms with Crippen molar-refractivity contribution in [3.05, 3.63) is 48.7 Å². The zero-order valence-corrected chi connectivity index (χ0v) is 14.9. The molecule has 132 valence electrons. The van der Waals surface area contributed by atoms with Crippen molar-refractivity contribution >= 4 is 21.7 Å². The Labute approximate surface area is 147 Å². The molecule has 1 aromatic carbocycles. The highest BCUT2D eigenvalue weighted by Gasteiger charge is 2.29. The Morgan fingerprint density at radius 3 is 2.32 bits per heavy atom. The number of pyridine rings is 1. The third-order valence-electron chi connectivity index (χ3n) is 4.42. The van der Waals surface area contributed by atoms with E-state index < -0.39 is 10.0 Å². The molecule has 1 aliphatic heterocycles. The molecule has 2 heterocycles. The molecule has 1 fully saturated rings. The molecule has 1 aliphatic rings. The monoisotopic (exact) mass is 359 g/mol. The fourth-order valence-corrected chi connectivity index (χ4v) is 3.82. The van der Waals surface area contributed by atoms with Crippen LogP contribution in [0.3, 0.4) is 0 Å². The van der Waals surface area contributed by atoms with Crippen molar-refractivity contribution in [1.29, 1.82) is 0 Å². The van der Waals surface area contributed by atoms with Crippen molar-refractivity contribution in [3.8, 4) is 11.1 Å². The molecule has 0 atom stereocenters. The second-order valence-electron chi connectivity index (χ2n) is 6.22. The van der Waals surface area contributed by atoms with Crippen molar-refractivity contribution in [1.82, 2.24) is 9.29 Å². The third kappa shape index (κ3) is 4.43. The number of nitrogens with one attached hydrogen (secondary N) is 1. The molecule has 0 bridgehead atoms. The number of anilines is 1. The molecule has 1 N–H and O–H groups in total. The molecule has 0 spiro atoms. The van der Waals surface area contributed by atoms with Crippen molar-refractivity contribution in [2.24, 2.45) is 5.92 Å². The van der Waals surface area contributed by atoms with Crippen molar-refractivity contribution in [3.63, 3.8) is 0 Å². The fourth-order valence-electron chi connectivity index (χ4n) is 2.95. The van der Waals surface area contributed by atoms with Gasteiger partial charge < -0.3 is 5.32 Å². The van der Waals surface area contributed by atoms with Crippen LogP contribution in [0.4, 0.5) is 5.82 Å². The lowest BCUT2D eigenvalue weighted by Crippen LogP contribution is -2.40. The molecule has 0 saturated carbocycles. The minimum absolute atomic E-state index is 0.104. The smallest absolute Gasteiger partial charge is 0.228 e. The Hall–Kier alpha value is -2.25. The van der Waals surface area contributed by atoms with Gasteiger partial charge in [0.05, 0.1) is 6.26 Å². The van der Waals surface area contributed by atoms with Crippen LogP contribution >= 0.6 is 0 Å². The van der Waals surface area contributed by atoms with Crippen LogP contribution < -0.4 is 5.32 Å². The van der Waals surface area contributed by atoms with E-state index in [0.29, 0.717) is 31.7 Å². The van der Waals surface area contributed by atoms with Crippen LogP contribution in [0.2, 0.25) is 0 Å². The molecule has 7 heteroatoms. The number of sulfonamides is 1. The number of carbonyl (C=O) groups excluding carboxylic acids is 1. The normalized spacial score (nSPS) is 16.5. The minimum atomic E-state index is -3.18. The molecule has 0 aliphatic carbocycles. The second kappa shape index (κ2) is 7.33. The van der Waals surface area contributed by atoms with Gasteiger partial charge in [0.15, 0.2) is 0 Å². The van der Waals surface area contributed by atoms with Gasteiger partial charge in [0.1, 0.15) is 5.82 Å². The maximum absolute atomic E-state index is 12.4. The molecular formula is C18H21N3O3S. The van der Waals surface area contributed by atoms with E-state index in [0.717, 1.165) is 11.1 Å². The number of nitrogens with zero attached hydrogens (tertiary/aromatic N) is 2. The van der Waals surface area contributed by atoms with Gasteiger partial charge >= 0.3 is 0 Å². The van der Waals surface area contributed by atoms with Crippen molar-refractivity contribution in [2.75, 3.05) is 24.7 Å². The van der Waals surface area contributed by atoms with Gasteiger partial charge in [0.25, 0.3) is 0 Å². The molecule has 6 nitrogen and oxygen atoms in total. The van der Waals surface area contributed by atoms with E-state index in [1.54, 1.807) is 12.3 Å². The van der Waals surface area contributed by atoms with Crippen molar-refractivity contribution < 1.29 is 13.2 Å². The van der Waals surface area contributed by atoms with Gasteiger partial charge in [0, 0.05) is 30.8 Å². The molecule has 3 rings (SSSR count). The van der Waals surface area contributed by atoms with Crippen LogP contribution in [0.15, 0.2) is 48.7 Å². The number of benzene rings is 1. The average Bonchev–Trinajstić information content (AvgIpc) is 2.62. The first kappa shape index (κ1) is 17.6. The van der Waals surface area contributed by atoms with Gasteiger partial charge in [-0.3, -0.25) is 4.79 Å². The van der Waals surface area contributed by atoms with E-state index in [-0.39, 0.29) is 11.8 Å². The van der Waals surface area contributed by atoms with Crippen LogP contribution in [0.25, 0.3) is 11.1 Å². The van der Waals surface area contributed by atoms with Gasteiger partial charge in [-0.05, 0) is 30.5 Å². The number of rotatable bonds is 4. The van der Waals surface area contributed by atoms with Crippen LogP contribution in [0.5, 0.6) is 0 Å². The number of amides is 1. The van der Waals surface area contributed by atoms with E-state index in [1.807, 2.05) is 36.4 Å². The predicted octanol–water partition coefficient (Wildman–Crippen LogP) is 2.36. The third-order valence-corrected chi connectivity index (χ3v) is 5.72. The quantitative estimate of drug-likeness (QED) is 0.909. The Morgan fingerprint density at radius 2 is 1.76 bits per heavy atom. The first-order chi connectivity index (χ1) is 11.9. The molecule has 2 aromatic rings. The number of hydrogen-bond acceptors (Lipinski definition) is 4. The molecule has 1 amide bonds. The van der Waals surface area contributed by atoms with Crippen LogP contribution in [0.1, 0.15) is 12.8 Å². The number of hydrogen-bond donors (Lipinski definition) is 1. The van der Waals surface area contributed by atoms with Gasteiger partial charge in [-0.1, -0.05) is 30.3 Å². The number of carbonyl (C=O) groups is 1. The average molecular weight is 359 g/mol. The van der Waals surface area contributed by atoms with E-state index in [1.165, 1.54) is 10.6 Å². The summed E-state index contributed by atoms with van der Waals surface area (Å²) in [6.07, 6.45) is 3.99. The highest BCUT2D eigenvalue weighted by molar-refractivity contribution is 7.88. The van der Waals surface area contributed by atoms with E-state index >= 15 is 0 Å². The van der Waals surface area contributed by atoms with E-state index in [9.17, 15) is 13.2 Å². The lowest BCUT2D eigenvalue weighted by Gasteiger charge is -2.29. The number of aromatic nitrogens is 1. The first-order valence-electron chi connectivity index (χ1n) is 8.21. The summed E-state index contributed by atoms with van der Waals surface area (Å²) in [4.78, 5) is 16.7. The maximum atomic E-state index is 12.4. The second-order valence-corrected chi connectivity index (χ2v) is 8.21. The summed E-state index contributed by atoms with van der Waals surface area (Å²) in [5, 5.41) is 2.83. The van der Waals surface area contributed by atoms with Gasteiger partial charge in [0.2, 0.25) is 15.9 Å². The summed E-state index contributed by atoms with van der Waals surface area (Å²) >= 11 is 0. The summed E-state index contributed by atoms with van der Waals surface area (Å²) < 4.78 is 24.5. The highest BCUT2D eigenvalue weighted by atomic mass is 32.2. The molecule has 0 unspecified atom stereocenters. The van der Waals surface area contributed by atoms with Gasteiger partial charge in [-0.2, -0.15) is 0 Å². The zero-order chi connectivity index (χ0) is 17.9.